The Hall–Kier alpha value is -1.55. The number of carbonyl (C=O) groups is 1. The molecule has 0 radical (unpaired) electrons. The maximum absolute atomic E-state index is 12.1. The highest BCUT2D eigenvalue weighted by Crippen LogP contribution is 2.33. The lowest BCUT2D eigenvalue weighted by Gasteiger charge is -2.42. The van der Waals surface area contributed by atoms with E-state index in [1.807, 2.05) is 43.0 Å². The standard InChI is InChI=1S/C13H18N2O2/c1-13(2)9-14-8-12(16)15(13)10-6-4-5-7-11(10)17-3/h4-7,14H,8-9H2,1-3H3. The Labute approximate surface area is 102 Å². The van der Waals surface area contributed by atoms with E-state index in [4.69, 9.17) is 4.74 Å². The lowest BCUT2D eigenvalue weighted by atomic mass is 9.98. The van der Waals surface area contributed by atoms with Crippen LogP contribution in [0.15, 0.2) is 24.3 Å². The van der Waals surface area contributed by atoms with Crippen molar-refractivity contribution in [2.24, 2.45) is 0 Å². The van der Waals surface area contributed by atoms with Crippen molar-refractivity contribution < 1.29 is 9.53 Å². The van der Waals surface area contributed by atoms with Crippen LogP contribution in [-0.2, 0) is 4.79 Å². The van der Waals surface area contributed by atoms with Crippen LogP contribution in [0.2, 0.25) is 0 Å². The minimum atomic E-state index is -0.246. The van der Waals surface area contributed by atoms with Gasteiger partial charge in [-0.05, 0) is 26.0 Å². The molecule has 4 heteroatoms. The summed E-state index contributed by atoms with van der Waals surface area (Å²) in [6.45, 7) is 5.24. The van der Waals surface area contributed by atoms with Crippen molar-refractivity contribution >= 4 is 11.6 Å². The van der Waals surface area contributed by atoms with Crippen LogP contribution in [0.25, 0.3) is 0 Å². The number of benzene rings is 1. The van der Waals surface area contributed by atoms with Crippen LogP contribution in [0, 0.1) is 0 Å². The number of piperazine rings is 1. The molecule has 0 bridgehead atoms. The van der Waals surface area contributed by atoms with Gasteiger partial charge in [-0.1, -0.05) is 12.1 Å². The third kappa shape index (κ3) is 2.13. The van der Waals surface area contributed by atoms with Crippen molar-refractivity contribution in [2.45, 2.75) is 19.4 Å². The van der Waals surface area contributed by atoms with E-state index < -0.39 is 0 Å². The monoisotopic (exact) mass is 234 g/mol. The molecule has 1 aliphatic rings. The summed E-state index contributed by atoms with van der Waals surface area (Å²) in [5.41, 5.74) is 0.593. The molecule has 1 aromatic rings. The molecule has 1 saturated heterocycles. The fraction of sp³-hybridized carbons (Fsp3) is 0.462. The molecule has 1 N–H and O–H groups in total. The summed E-state index contributed by atoms with van der Waals surface area (Å²) in [6.07, 6.45) is 0. The molecule has 0 aliphatic carbocycles. The molecule has 4 nitrogen and oxygen atoms in total. The van der Waals surface area contributed by atoms with Gasteiger partial charge in [0, 0.05) is 6.54 Å². The van der Waals surface area contributed by atoms with Gasteiger partial charge >= 0.3 is 0 Å². The van der Waals surface area contributed by atoms with Gasteiger partial charge in [-0.2, -0.15) is 0 Å². The zero-order valence-corrected chi connectivity index (χ0v) is 10.5. The van der Waals surface area contributed by atoms with Crippen LogP contribution >= 0.6 is 0 Å². The molecule has 1 aromatic carbocycles. The highest BCUT2D eigenvalue weighted by atomic mass is 16.5. The number of ether oxygens (including phenoxy) is 1. The van der Waals surface area contributed by atoms with Crippen molar-refractivity contribution in [3.05, 3.63) is 24.3 Å². The summed E-state index contributed by atoms with van der Waals surface area (Å²) in [6, 6.07) is 7.62. The maximum Gasteiger partial charge on any atom is 0.241 e. The Bertz CT molecular complexity index is 429. The fourth-order valence-corrected chi connectivity index (χ4v) is 2.25. The number of hydrogen-bond acceptors (Lipinski definition) is 3. The predicted molar refractivity (Wildman–Crippen MR) is 67.4 cm³/mol. The summed E-state index contributed by atoms with van der Waals surface area (Å²) in [5.74, 6) is 0.807. The molecule has 0 atom stereocenters. The number of anilines is 1. The number of nitrogens with one attached hydrogen (secondary N) is 1. The molecule has 1 fully saturated rings. The van der Waals surface area contributed by atoms with Crippen LogP contribution < -0.4 is 15.0 Å². The largest absolute Gasteiger partial charge is 0.495 e. The number of methoxy groups -OCH3 is 1. The molecule has 1 amide bonds. The highest BCUT2D eigenvalue weighted by Gasteiger charge is 2.36. The van der Waals surface area contributed by atoms with Gasteiger partial charge in [0.2, 0.25) is 5.91 Å². The van der Waals surface area contributed by atoms with Crippen LogP contribution in [0.1, 0.15) is 13.8 Å². The van der Waals surface area contributed by atoms with E-state index in [1.54, 1.807) is 7.11 Å². The van der Waals surface area contributed by atoms with Gasteiger partial charge in [0.05, 0.1) is 24.9 Å². The van der Waals surface area contributed by atoms with Crippen molar-refractivity contribution in [3.63, 3.8) is 0 Å². The second kappa shape index (κ2) is 4.37. The second-order valence-corrected chi connectivity index (χ2v) is 4.82. The van der Waals surface area contributed by atoms with Crippen molar-refractivity contribution in [1.29, 1.82) is 0 Å². The minimum Gasteiger partial charge on any atom is -0.495 e. The second-order valence-electron chi connectivity index (χ2n) is 4.82. The highest BCUT2D eigenvalue weighted by molar-refractivity contribution is 5.98. The first-order valence-corrected chi connectivity index (χ1v) is 5.73. The van der Waals surface area contributed by atoms with E-state index in [-0.39, 0.29) is 11.4 Å². The molecule has 1 aliphatic heterocycles. The molecule has 0 spiro atoms. The first-order valence-electron chi connectivity index (χ1n) is 5.73. The van der Waals surface area contributed by atoms with Gasteiger partial charge in [0.25, 0.3) is 0 Å². The summed E-state index contributed by atoms with van der Waals surface area (Å²) >= 11 is 0. The summed E-state index contributed by atoms with van der Waals surface area (Å²) < 4.78 is 5.33. The Kier molecular flexibility index (Phi) is 3.07. The van der Waals surface area contributed by atoms with Gasteiger partial charge in [-0.15, -0.1) is 0 Å². The summed E-state index contributed by atoms with van der Waals surface area (Å²) in [7, 11) is 1.62. The third-order valence-electron chi connectivity index (χ3n) is 3.01. The average molecular weight is 234 g/mol. The van der Waals surface area contributed by atoms with E-state index in [1.165, 1.54) is 0 Å². The number of hydrogen-bond donors (Lipinski definition) is 1. The molecular formula is C13H18N2O2. The zero-order chi connectivity index (χ0) is 12.5. The van der Waals surface area contributed by atoms with Gasteiger partial charge in [-0.25, -0.2) is 0 Å². The quantitative estimate of drug-likeness (QED) is 0.841. The first kappa shape index (κ1) is 11.9. The number of carbonyl (C=O) groups excluding carboxylic acids is 1. The number of rotatable bonds is 2. The Morgan fingerprint density at radius 2 is 2.06 bits per heavy atom. The van der Waals surface area contributed by atoms with Gasteiger partial charge in [0.15, 0.2) is 0 Å². The summed E-state index contributed by atoms with van der Waals surface area (Å²) in [4.78, 5) is 13.9. The Morgan fingerprint density at radius 3 is 2.71 bits per heavy atom. The lowest BCUT2D eigenvalue weighted by Crippen LogP contribution is -2.61. The summed E-state index contributed by atoms with van der Waals surface area (Å²) in [5, 5.41) is 3.13. The molecule has 92 valence electrons. The minimum absolute atomic E-state index is 0.0748. The molecular weight excluding hydrogens is 216 g/mol. The molecule has 0 unspecified atom stereocenters. The van der Waals surface area contributed by atoms with E-state index in [9.17, 15) is 4.79 Å². The van der Waals surface area contributed by atoms with Crippen molar-refractivity contribution in [2.75, 3.05) is 25.1 Å². The van der Waals surface area contributed by atoms with Crippen LogP contribution in [0.3, 0.4) is 0 Å². The molecule has 1 heterocycles. The van der Waals surface area contributed by atoms with Crippen molar-refractivity contribution in [3.8, 4) is 5.75 Å². The normalized spacial score (nSPS) is 19.2. The first-order chi connectivity index (χ1) is 8.06. The van der Waals surface area contributed by atoms with E-state index >= 15 is 0 Å². The number of amides is 1. The van der Waals surface area contributed by atoms with Crippen LogP contribution in [-0.4, -0.2) is 31.6 Å². The fourth-order valence-electron chi connectivity index (χ4n) is 2.25. The van der Waals surface area contributed by atoms with E-state index in [2.05, 4.69) is 5.32 Å². The molecule has 0 aromatic heterocycles. The van der Waals surface area contributed by atoms with Gasteiger partial charge < -0.3 is 15.0 Å². The van der Waals surface area contributed by atoms with Crippen LogP contribution in [0.4, 0.5) is 5.69 Å². The van der Waals surface area contributed by atoms with E-state index in [0.29, 0.717) is 6.54 Å². The van der Waals surface area contributed by atoms with Gasteiger partial charge in [-0.3, -0.25) is 4.79 Å². The number of para-hydroxylation sites is 2. The van der Waals surface area contributed by atoms with Crippen LogP contribution in [0.5, 0.6) is 5.75 Å². The lowest BCUT2D eigenvalue weighted by molar-refractivity contribution is -0.120. The third-order valence-corrected chi connectivity index (χ3v) is 3.01. The smallest absolute Gasteiger partial charge is 0.241 e. The number of nitrogens with zero attached hydrogens (tertiary/aromatic N) is 1. The zero-order valence-electron chi connectivity index (χ0n) is 10.5. The predicted octanol–water partition coefficient (Wildman–Crippen LogP) is 1.41. The van der Waals surface area contributed by atoms with Crippen molar-refractivity contribution in [1.82, 2.24) is 5.32 Å². The molecule has 0 saturated carbocycles. The average Bonchev–Trinajstić information content (AvgIpc) is 2.28. The Balaban J connectivity index is 2.45. The molecule has 17 heavy (non-hydrogen) atoms. The molecule has 2 rings (SSSR count). The topological polar surface area (TPSA) is 41.6 Å². The Morgan fingerprint density at radius 1 is 1.35 bits per heavy atom. The van der Waals surface area contributed by atoms with E-state index in [0.717, 1.165) is 18.0 Å². The van der Waals surface area contributed by atoms with Gasteiger partial charge in [0.1, 0.15) is 5.75 Å². The SMILES string of the molecule is COc1ccccc1N1C(=O)CNCC1(C)C. The maximum atomic E-state index is 12.1.